The number of nitrogens with one attached hydrogen (secondary N) is 1. The summed E-state index contributed by atoms with van der Waals surface area (Å²) in [5.74, 6) is 0.0988. The van der Waals surface area contributed by atoms with E-state index in [0.29, 0.717) is 38.0 Å². The maximum absolute atomic E-state index is 12.4. The van der Waals surface area contributed by atoms with Crippen LogP contribution in [-0.4, -0.2) is 30.9 Å². The first-order chi connectivity index (χ1) is 12.9. The van der Waals surface area contributed by atoms with E-state index in [4.69, 9.17) is 0 Å². The average molecular weight is 387 g/mol. The van der Waals surface area contributed by atoms with E-state index < -0.39 is 10.0 Å². The number of aryl methyl sites for hydroxylation is 1. The Bertz CT molecular complexity index is 938. The van der Waals surface area contributed by atoms with Gasteiger partial charge >= 0.3 is 0 Å². The number of benzene rings is 2. The standard InChI is InChI=1S/C21H26N2O3S/c1-3-11-27(25,26)23-10-9-18-7-8-20(14-19(18)15-23)22-21(24)13-17-6-4-5-16(2)12-17/h4-8,12,14H,3,9-11,13,15H2,1-2H3,(H,22,24). The SMILES string of the molecule is CCCS(=O)(=O)N1CCc2ccc(NC(=O)Cc3cccc(C)c3)cc2C1. The fourth-order valence-corrected chi connectivity index (χ4v) is 4.93. The monoisotopic (exact) mass is 386 g/mol. The van der Waals surface area contributed by atoms with Crippen molar-refractivity contribution in [1.29, 1.82) is 0 Å². The molecule has 1 heterocycles. The molecule has 27 heavy (non-hydrogen) atoms. The summed E-state index contributed by atoms with van der Waals surface area (Å²) in [5, 5.41) is 2.93. The number of nitrogens with zero attached hydrogens (tertiary/aromatic N) is 1. The number of rotatable bonds is 6. The Morgan fingerprint density at radius 3 is 2.70 bits per heavy atom. The lowest BCUT2D eigenvalue weighted by Gasteiger charge is -2.28. The van der Waals surface area contributed by atoms with Gasteiger partial charge in [-0.15, -0.1) is 0 Å². The number of hydrogen-bond acceptors (Lipinski definition) is 3. The van der Waals surface area contributed by atoms with Crippen LogP contribution in [0.4, 0.5) is 5.69 Å². The Balaban J connectivity index is 1.70. The van der Waals surface area contributed by atoms with Crippen molar-refractivity contribution in [3.05, 3.63) is 64.7 Å². The molecule has 0 atom stereocenters. The van der Waals surface area contributed by atoms with Crippen molar-refractivity contribution in [2.75, 3.05) is 17.6 Å². The fourth-order valence-electron chi connectivity index (χ4n) is 3.45. The molecule has 2 aromatic carbocycles. The van der Waals surface area contributed by atoms with E-state index in [-0.39, 0.29) is 11.7 Å². The van der Waals surface area contributed by atoms with Crippen molar-refractivity contribution in [3.8, 4) is 0 Å². The Morgan fingerprint density at radius 1 is 1.15 bits per heavy atom. The Morgan fingerprint density at radius 2 is 1.96 bits per heavy atom. The zero-order chi connectivity index (χ0) is 19.4. The average Bonchev–Trinajstić information content (AvgIpc) is 2.61. The number of anilines is 1. The van der Waals surface area contributed by atoms with Crippen molar-refractivity contribution in [2.45, 2.75) is 39.7 Å². The predicted molar refractivity (Wildman–Crippen MR) is 108 cm³/mol. The van der Waals surface area contributed by atoms with Crippen molar-refractivity contribution in [3.63, 3.8) is 0 Å². The molecule has 1 amide bonds. The van der Waals surface area contributed by atoms with Crippen molar-refractivity contribution < 1.29 is 13.2 Å². The molecule has 3 rings (SSSR count). The molecule has 144 valence electrons. The molecular formula is C21H26N2O3S. The molecule has 0 radical (unpaired) electrons. The van der Waals surface area contributed by atoms with Gasteiger partial charge in [-0.3, -0.25) is 4.79 Å². The van der Waals surface area contributed by atoms with Gasteiger partial charge in [0.2, 0.25) is 15.9 Å². The van der Waals surface area contributed by atoms with Crippen LogP contribution in [0.3, 0.4) is 0 Å². The van der Waals surface area contributed by atoms with E-state index in [1.165, 1.54) is 0 Å². The first-order valence-corrected chi connectivity index (χ1v) is 10.9. The minimum absolute atomic E-state index is 0.0770. The Kier molecular flexibility index (Phi) is 5.97. The van der Waals surface area contributed by atoms with Crippen molar-refractivity contribution in [2.24, 2.45) is 0 Å². The van der Waals surface area contributed by atoms with Gasteiger partial charge in [-0.05, 0) is 48.6 Å². The third-order valence-electron chi connectivity index (χ3n) is 4.77. The molecular weight excluding hydrogens is 360 g/mol. The van der Waals surface area contributed by atoms with Gasteiger partial charge in [-0.2, -0.15) is 4.31 Å². The van der Waals surface area contributed by atoms with Gasteiger partial charge in [0, 0.05) is 18.8 Å². The minimum Gasteiger partial charge on any atom is -0.326 e. The van der Waals surface area contributed by atoms with E-state index in [1.807, 2.05) is 56.3 Å². The highest BCUT2D eigenvalue weighted by Crippen LogP contribution is 2.25. The Hall–Kier alpha value is -2.18. The number of fused-ring (bicyclic) bond motifs is 1. The Labute approximate surface area is 161 Å². The second-order valence-corrected chi connectivity index (χ2v) is 9.19. The molecule has 0 aromatic heterocycles. The van der Waals surface area contributed by atoms with Crippen LogP contribution in [0.15, 0.2) is 42.5 Å². The summed E-state index contributed by atoms with van der Waals surface area (Å²) in [4.78, 5) is 12.4. The second-order valence-electron chi connectivity index (χ2n) is 7.10. The zero-order valence-corrected chi connectivity index (χ0v) is 16.7. The highest BCUT2D eigenvalue weighted by molar-refractivity contribution is 7.89. The minimum atomic E-state index is -3.21. The zero-order valence-electron chi connectivity index (χ0n) is 15.9. The quantitative estimate of drug-likeness (QED) is 0.829. The molecule has 0 unspecified atom stereocenters. The summed E-state index contributed by atoms with van der Waals surface area (Å²) in [6.45, 7) is 4.77. The van der Waals surface area contributed by atoms with Gasteiger partial charge in [0.1, 0.15) is 0 Å². The topological polar surface area (TPSA) is 66.5 Å². The molecule has 1 aliphatic rings. The second kappa shape index (κ2) is 8.23. The van der Waals surface area contributed by atoms with E-state index in [2.05, 4.69) is 5.32 Å². The number of carbonyl (C=O) groups excluding carboxylic acids is 1. The highest BCUT2D eigenvalue weighted by atomic mass is 32.2. The summed E-state index contributed by atoms with van der Waals surface area (Å²) < 4.78 is 26.2. The maximum atomic E-state index is 12.4. The molecule has 0 saturated heterocycles. The first-order valence-electron chi connectivity index (χ1n) is 9.32. The molecule has 1 aliphatic heterocycles. The highest BCUT2D eigenvalue weighted by Gasteiger charge is 2.26. The summed E-state index contributed by atoms with van der Waals surface area (Å²) >= 11 is 0. The van der Waals surface area contributed by atoms with Crippen LogP contribution >= 0.6 is 0 Å². The molecule has 0 aliphatic carbocycles. The van der Waals surface area contributed by atoms with Crippen LogP contribution in [-0.2, 0) is 34.2 Å². The number of hydrogen-bond donors (Lipinski definition) is 1. The van der Waals surface area contributed by atoms with Gasteiger partial charge in [0.05, 0.1) is 12.2 Å². The summed E-state index contributed by atoms with van der Waals surface area (Å²) in [6.07, 6.45) is 1.63. The molecule has 5 nitrogen and oxygen atoms in total. The summed E-state index contributed by atoms with van der Waals surface area (Å²) in [6, 6.07) is 13.7. The van der Waals surface area contributed by atoms with E-state index in [0.717, 1.165) is 22.3 Å². The van der Waals surface area contributed by atoms with Gasteiger partial charge in [-0.1, -0.05) is 42.8 Å². The lowest BCUT2D eigenvalue weighted by atomic mass is 10.0. The molecule has 6 heteroatoms. The van der Waals surface area contributed by atoms with E-state index in [1.54, 1.807) is 4.31 Å². The normalized spacial score (nSPS) is 14.6. The number of carbonyl (C=O) groups is 1. The van der Waals surface area contributed by atoms with Crippen LogP contribution in [0.5, 0.6) is 0 Å². The van der Waals surface area contributed by atoms with Gasteiger partial charge in [-0.25, -0.2) is 8.42 Å². The van der Waals surface area contributed by atoms with Gasteiger partial charge in [0.15, 0.2) is 0 Å². The third-order valence-corrected chi connectivity index (χ3v) is 6.79. The van der Waals surface area contributed by atoms with Crippen LogP contribution in [0.2, 0.25) is 0 Å². The van der Waals surface area contributed by atoms with E-state index in [9.17, 15) is 13.2 Å². The molecule has 2 aromatic rings. The molecule has 0 bridgehead atoms. The van der Waals surface area contributed by atoms with Crippen LogP contribution in [0, 0.1) is 6.92 Å². The molecule has 0 spiro atoms. The molecule has 0 fully saturated rings. The molecule has 1 N–H and O–H groups in total. The van der Waals surface area contributed by atoms with Gasteiger partial charge < -0.3 is 5.32 Å². The van der Waals surface area contributed by atoms with E-state index >= 15 is 0 Å². The molecule has 0 saturated carbocycles. The lowest BCUT2D eigenvalue weighted by Crippen LogP contribution is -2.37. The van der Waals surface area contributed by atoms with Gasteiger partial charge in [0.25, 0.3) is 0 Å². The smallest absolute Gasteiger partial charge is 0.228 e. The van der Waals surface area contributed by atoms with Crippen LogP contribution < -0.4 is 5.32 Å². The van der Waals surface area contributed by atoms with Crippen molar-refractivity contribution in [1.82, 2.24) is 4.31 Å². The number of amides is 1. The fraction of sp³-hybridized carbons (Fsp3) is 0.381. The largest absolute Gasteiger partial charge is 0.326 e. The maximum Gasteiger partial charge on any atom is 0.228 e. The number of sulfonamides is 1. The first kappa shape index (κ1) is 19.6. The van der Waals surface area contributed by atoms with Crippen LogP contribution in [0.25, 0.3) is 0 Å². The summed E-state index contributed by atoms with van der Waals surface area (Å²) in [7, 11) is -3.21. The van der Waals surface area contributed by atoms with Crippen LogP contribution in [0.1, 0.15) is 35.6 Å². The predicted octanol–water partition coefficient (Wildman–Crippen LogP) is 3.27. The lowest BCUT2D eigenvalue weighted by molar-refractivity contribution is -0.115. The summed E-state index contributed by atoms with van der Waals surface area (Å²) in [5.41, 5.74) is 4.93. The third kappa shape index (κ3) is 4.96. The van der Waals surface area contributed by atoms with Crippen molar-refractivity contribution >= 4 is 21.6 Å².